The number of aryl methyl sites for hydroxylation is 1. The number of rotatable bonds is 3. The Balaban J connectivity index is 2.11. The molecule has 0 fully saturated rings. The summed E-state index contributed by atoms with van der Waals surface area (Å²) in [6.07, 6.45) is 1.71. The van der Waals surface area contributed by atoms with E-state index in [-0.39, 0.29) is 11.5 Å². The molecule has 2 aromatic heterocycles. The molecule has 0 atom stereocenters. The fourth-order valence-corrected chi connectivity index (χ4v) is 2.30. The third-order valence-corrected chi connectivity index (χ3v) is 3.52. The third kappa shape index (κ3) is 2.75. The van der Waals surface area contributed by atoms with E-state index in [1.54, 1.807) is 22.7 Å². The van der Waals surface area contributed by atoms with Crippen molar-refractivity contribution in [3.8, 4) is 0 Å². The molecule has 1 aromatic carbocycles. The molecule has 0 aliphatic carbocycles. The summed E-state index contributed by atoms with van der Waals surface area (Å²) in [6.45, 7) is 1.98. The number of pyridine rings is 1. The van der Waals surface area contributed by atoms with Gasteiger partial charge in [-0.1, -0.05) is 17.7 Å². The summed E-state index contributed by atoms with van der Waals surface area (Å²) in [5.74, 6) is -0.956. The number of imidazole rings is 1. The molecule has 0 aliphatic heterocycles. The van der Waals surface area contributed by atoms with Gasteiger partial charge in [0.15, 0.2) is 11.5 Å². The van der Waals surface area contributed by atoms with Gasteiger partial charge in [0.1, 0.15) is 5.65 Å². The predicted molar refractivity (Wildman–Crippen MR) is 85.2 cm³/mol. The van der Waals surface area contributed by atoms with Crippen molar-refractivity contribution in [2.45, 2.75) is 6.92 Å². The van der Waals surface area contributed by atoms with E-state index in [4.69, 9.17) is 0 Å². The van der Waals surface area contributed by atoms with Gasteiger partial charge in [-0.05, 0) is 47.1 Å². The van der Waals surface area contributed by atoms with Crippen LogP contribution >= 0.6 is 15.9 Å². The van der Waals surface area contributed by atoms with Crippen molar-refractivity contribution in [1.29, 1.82) is 0 Å². The minimum absolute atomic E-state index is 0.131. The third-order valence-electron chi connectivity index (χ3n) is 3.05. The Morgan fingerprint density at radius 1 is 1.18 bits per heavy atom. The van der Waals surface area contributed by atoms with E-state index in [1.165, 1.54) is 0 Å². The van der Waals surface area contributed by atoms with Crippen LogP contribution in [0.2, 0.25) is 0 Å². The molecule has 0 bridgehead atoms. The first-order valence-electron chi connectivity index (χ1n) is 6.44. The van der Waals surface area contributed by atoms with E-state index in [0.717, 1.165) is 10.0 Å². The first-order valence-corrected chi connectivity index (χ1v) is 7.23. The summed E-state index contributed by atoms with van der Waals surface area (Å²) in [7, 11) is 0. The van der Waals surface area contributed by atoms with E-state index in [9.17, 15) is 9.90 Å². The number of hydrogen-bond donors (Lipinski definition) is 1. The lowest BCUT2D eigenvalue weighted by Crippen LogP contribution is -1.96. The number of carboxylic acid groups (broad SMARTS) is 1. The smallest absolute Gasteiger partial charge is 0.358 e. The van der Waals surface area contributed by atoms with Crippen LogP contribution in [0, 0.1) is 6.92 Å². The van der Waals surface area contributed by atoms with Crippen LogP contribution in [0.15, 0.2) is 57.3 Å². The van der Waals surface area contributed by atoms with Gasteiger partial charge in [0.25, 0.3) is 0 Å². The average Bonchev–Trinajstić information content (AvgIpc) is 2.85. The molecule has 2 heterocycles. The number of hydrogen-bond acceptors (Lipinski definition) is 4. The Labute approximate surface area is 134 Å². The quantitative estimate of drug-likeness (QED) is 0.699. The zero-order chi connectivity index (χ0) is 15.7. The maximum atomic E-state index is 11.3. The van der Waals surface area contributed by atoms with E-state index in [1.807, 2.05) is 31.2 Å². The molecule has 7 heteroatoms. The molecule has 0 saturated heterocycles. The number of benzene rings is 1. The minimum Gasteiger partial charge on any atom is -0.476 e. The first-order chi connectivity index (χ1) is 10.5. The number of aromatic nitrogens is 2. The van der Waals surface area contributed by atoms with Gasteiger partial charge in [0, 0.05) is 10.7 Å². The van der Waals surface area contributed by atoms with Gasteiger partial charge in [0.2, 0.25) is 0 Å². The summed E-state index contributed by atoms with van der Waals surface area (Å²) in [6, 6.07) is 11.0. The van der Waals surface area contributed by atoms with Gasteiger partial charge in [-0.15, -0.1) is 10.2 Å². The Morgan fingerprint density at radius 3 is 2.59 bits per heavy atom. The molecule has 0 radical (unpaired) electrons. The summed E-state index contributed by atoms with van der Waals surface area (Å²) in [4.78, 5) is 15.4. The maximum absolute atomic E-state index is 11.3. The van der Waals surface area contributed by atoms with E-state index >= 15 is 0 Å². The molecule has 0 unspecified atom stereocenters. The topological polar surface area (TPSA) is 79.3 Å². The second kappa shape index (κ2) is 5.69. The van der Waals surface area contributed by atoms with Crippen molar-refractivity contribution in [3.05, 3.63) is 58.3 Å². The van der Waals surface area contributed by atoms with Crippen molar-refractivity contribution >= 4 is 39.1 Å². The second-order valence-corrected chi connectivity index (χ2v) is 5.62. The molecule has 6 nitrogen and oxygen atoms in total. The number of azo groups is 1. The standard InChI is InChI=1S/C15H11BrN4O2/c1-9-2-5-11(6-3-9)18-19-14-13(15(21)22)17-12-7-4-10(16)8-20(12)14/h2-8H,1H3,(H,21,22). The van der Waals surface area contributed by atoms with Crippen molar-refractivity contribution < 1.29 is 9.90 Å². The lowest BCUT2D eigenvalue weighted by molar-refractivity contribution is 0.0692. The number of carboxylic acids is 1. The molecule has 0 aliphatic rings. The van der Waals surface area contributed by atoms with Crippen molar-refractivity contribution in [2.75, 3.05) is 0 Å². The zero-order valence-electron chi connectivity index (χ0n) is 11.6. The van der Waals surface area contributed by atoms with Gasteiger partial charge >= 0.3 is 5.97 Å². The maximum Gasteiger partial charge on any atom is 0.358 e. The van der Waals surface area contributed by atoms with Gasteiger partial charge in [-0.3, -0.25) is 4.40 Å². The Bertz CT molecular complexity index is 884. The number of aromatic carboxylic acids is 1. The van der Waals surface area contributed by atoms with Crippen LogP contribution in [0.4, 0.5) is 11.5 Å². The normalized spacial score (nSPS) is 11.4. The fourth-order valence-electron chi connectivity index (χ4n) is 1.96. The summed E-state index contributed by atoms with van der Waals surface area (Å²) in [5, 5.41) is 17.5. The SMILES string of the molecule is Cc1ccc(N=Nc2c(C(=O)O)nc3ccc(Br)cn23)cc1. The van der Waals surface area contributed by atoms with Crippen molar-refractivity contribution in [3.63, 3.8) is 0 Å². The summed E-state index contributed by atoms with van der Waals surface area (Å²) >= 11 is 3.35. The van der Waals surface area contributed by atoms with Crippen molar-refractivity contribution in [2.24, 2.45) is 10.2 Å². The van der Waals surface area contributed by atoms with Gasteiger partial charge in [-0.2, -0.15) is 0 Å². The lowest BCUT2D eigenvalue weighted by Gasteiger charge is -1.98. The van der Waals surface area contributed by atoms with Crippen LogP contribution in [-0.4, -0.2) is 20.5 Å². The highest BCUT2D eigenvalue weighted by molar-refractivity contribution is 9.10. The lowest BCUT2D eigenvalue weighted by atomic mass is 10.2. The van der Waals surface area contributed by atoms with Crippen LogP contribution in [0.1, 0.15) is 16.1 Å². The predicted octanol–water partition coefficient (Wildman–Crippen LogP) is 4.52. The molecular formula is C15H11BrN4O2. The molecule has 3 rings (SSSR count). The van der Waals surface area contributed by atoms with Gasteiger partial charge in [-0.25, -0.2) is 9.78 Å². The van der Waals surface area contributed by atoms with Crippen LogP contribution < -0.4 is 0 Å². The zero-order valence-corrected chi connectivity index (χ0v) is 13.1. The number of nitrogens with zero attached hydrogens (tertiary/aromatic N) is 4. The fraction of sp³-hybridized carbons (Fsp3) is 0.0667. The molecule has 0 saturated carbocycles. The molecule has 1 N–H and O–H groups in total. The summed E-state index contributed by atoms with van der Waals surface area (Å²) in [5.41, 5.74) is 2.13. The van der Waals surface area contributed by atoms with Gasteiger partial charge < -0.3 is 5.11 Å². The van der Waals surface area contributed by atoms with E-state index < -0.39 is 5.97 Å². The van der Waals surface area contributed by atoms with E-state index in [0.29, 0.717) is 11.3 Å². The molecule has 110 valence electrons. The highest BCUT2D eigenvalue weighted by atomic mass is 79.9. The van der Waals surface area contributed by atoms with E-state index in [2.05, 4.69) is 31.1 Å². The van der Waals surface area contributed by atoms with Crippen molar-refractivity contribution in [1.82, 2.24) is 9.38 Å². The number of fused-ring (bicyclic) bond motifs is 1. The Morgan fingerprint density at radius 2 is 1.91 bits per heavy atom. The highest BCUT2D eigenvalue weighted by Crippen LogP contribution is 2.26. The Hall–Kier alpha value is -2.54. The van der Waals surface area contributed by atoms with Crippen LogP contribution in [0.25, 0.3) is 5.65 Å². The Kier molecular flexibility index (Phi) is 3.72. The largest absolute Gasteiger partial charge is 0.476 e. The molecule has 0 amide bonds. The molecule has 3 aromatic rings. The monoisotopic (exact) mass is 358 g/mol. The molecular weight excluding hydrogens is 348 g/mol. The molecule has 22 heavy (non-hydrogen) atoms. The van der Waals surface area contributed by atoms with Crippen LogP contribution in [0.5, 0.6) is 0 Å². The average molecular weight is 359 g/mol. The first kappa shape index (κ1) is 14.4. The number of halogens is 1. The van der Waals surface area contributed by atoms with Crippen LogP contribution in [-0.2, 0) is 0 Å². The summed E-state index contributed by atoms with van der Waals surface area (Å²) < 4.78 is 2.38. The van der Waals surface area contributed by atoms with Crippen LogP contribution in [0.3, 0.4) is 0 Å². The highest BCUT2D eigenvalue weighted by Gasteiger charge is 2.18. The number of carbonyl (C=O) groups is 1. The van der Waals surface area contributed by atoms with Gasteiger partial charge in [0.05, 0.1) is 5.69 Å². The minimum atomic E-state index is -1.14. The molecule has 0 spiro atoms. The second-order valence-electron chi connectivity index (χ2n) is 4.70.